The predicted molar refractivity (Wildman–Crippen MR) is 106 cm³/mol. The number of carbonyl (C=O) groups is 1. The van der Waals surface area contributed by atoms with Crippen LogP contribution in [0.2, 0.25) is 5.02 Å². The first-order valence-electron chi connectivity index (χ1n) is 8.31. The average Bonchev–Trinajstić information content (AvgIpc) is 2.70. The third kappa shape index (κ3) is 4.95. The Balaban J connectivity index is 1.65. The summed E-state index contributed by atoms with van der Waals surface area (Å²) in [5.74, 6) is 1.04. The summed E-state index contributed by atoms with van der Waals surface area (Å²) >= 11 is 6.09. The monoisotopic (exact) mass is 382 g/mol. The van der Waals surface area contributed by atoms with Gasteiger partial charge in [0.15, 0.2) is 0 Å². The molecule has 3 aromatic rings. The number of rotatable bonds is 6. The average molecular weight is 383 g/mol. The minimum Gasteiger partial charge on any atom is -0.497 e. The molecule has 0 fully saturated rings. The Morgan fingerprint density at radius 2 is 1.89 bits per heavy atom. The van der Waals surface area contributed by atoms with Gasteiger partial charge in [0.2, 0.25) is 0 Å². The van der Waals surface area contributed by atoms with Gasteiger partial charge in [-0.15, -0.1) is 0 Å². The summed E-state index contributed by atoms with van der Waals surface area (Å²) in [6.07, 6.45) is 1.35. The molecule has 0 aliphatic carbocycles. The van der Waals surface area contributed by atoms with E-state index in [0.717, 1.165) is 16.9 Å². The summed E-state index contributed by atoms with van der Waals surface area (Å²) in [6, 6.07) is 14.7. The molecule has 0 atom stereocenters. The van der Waals surface area contributed by atoms with Gasteiger partial charge >= 0.3 is 0 Å². The van der Waals surface area contributed by atoms with Gasteiger partial charge in [0.05, 0.1) is 7.11 Å². The van der Waals surface area contributed by atoms with E-state index in [1.165, 1.54) is 6.33 Å². The fourth-order valence-corrected chi connectivity index (χ4v) is 2.56. The fraction of sp³-hybridized carbons (Fsp3) is 0.150. The quantitative estimate of drug-likeness (QED) is 0.664. The van der Waals surface area contributed by atoms with Gasteiger partial charge in [-0.05, 0) is 42.3 Å². The van der Waals surface area contributed by atoms with Gasteiger partial charge in [0, 0.05) is 23.3 Å². The van der Waals surface area contributed by atoms with E-state index in [9.17, 15) is 4.79 Å². The molecule has 0 aliphatic heterocycles. The van der Waals surface area contributed by atoms with Crippen molar-refractivity contribution >= 4 is 29.0 Å². The molecule has 1 amide bonds. The predicted octanol–water partition coefficient (Wildman–Crippen LogP) is 4.31. The standard InChI is InChI=1S/C20H19ClN4O2/c1-13-3-6-15(9-17(13)21)25-20(26)18-10-19(24-12-23-18)22-11-14-4-7-16(27-2)8-5-14/h3-10,12H,11H2,1-2H3,(H,25,26)(H,22,23,24). The number of nitrogens with zero attached hydrogens (tertiary/aromatic N) is 2. The largest absolute Gasteiger partial charge is 0.497 e. The number of hydrogen-bond acceptors (Lipinski definition) is 5. The van der Waals surface area contributed by atoms with Crippen molar-refractivity contribution in [1.82, 2.24) is 9.97 Å². The van der Waals surface area contributed by atoms with Crippen LogP contribution in [0.1, 0.15) is 21.6 Å². The zero-order chi connectivity index (χ0) is 19.2. The van der Waals surface area contributed by atoms with Crippen molar-refractivity contribution in [1.29, 1.82) is 0 Å². The molecule has 0 spiro atoms. The van der Waals surface area contributed by atoms with E-state index in [1.807, 2.05) is 37.3 Å². The van der Waals surface area contributed by atoms with Crippen molar-refractivity contribution in [3.63, 3.8) is 0 Å². The number of ether oxygens (including phenoxy) is 1. The molecule has 0 unspecified atom stereocenters. The van der Waals surface area contributed by atoms with Crippen LogP contribution in [0.4, 0.5) is 11.5 Å². The second-order valence-electron chi connectivity index (χ2n) is 5.91. The number of aromatic nitrogens is 2. The summed E-state index contributed by atoms with van der Waals surface area (Å²) < 4.78 is 5.14. The molecule has 3 rings (SSSR count). The Kier molecular flexibility index (Phi) is 5.88. The van der Waals surface area contributed by atoms with E-state index in [-0.39, 0.29) is 11.6 Å². The molecule has 2 aromatic carbocycles. The minimum absolute atomic E-state index is 0.263. The second kappa shape index (κ2) is 8.51. The second-order valence-corrected chi connectivity index (χ2v) is 6.32. The lowest BCUT2D eigenvalue weighted by Gasteiger charge is -2.09. The Bertz CT molecular complexity index is 945. The van der Waals surface area contributed by atoms with Gasteiger partial charge in [-0.2, -0.15) is 0 Å². The van der Waals surface area contributed by atoms with Gasteiger partial charge in [-0.1, -0.05) is 29.8 Å². The van der Waals surface area contributed by atoms with Crippen molar-refractivity contribution in [3.8, 4) is 5.75 Å². The molecule has 0 saturated heterocycles. The summed E-state index contributed by atoms with van der Waals surface area (Å²) in [6.45, 7) is 2.47. The maximum Gasteiger partial charge on any atom is 0.274 e. The number of nitrogens with one attached hydrogen (secondary N) is 2. The molecule has 0 aliphatic rings. The highest BCUT2D eigenvalue weighted by Crippen LogP contribution is 2.20. The first-order chi connectivity index (χ1) is 13.0. The van der Waals surface area contributed by atoms with E-state index in [4.69, 9.17) is 16.3 Å². The van der Waals surface area contributed by atoms with Gasteiger partial charge in [-0.25, -0.2) is 9.97 Å². The fourth-order valence-electron chi connectivity index (χ4n) is 2.38. The molecular weight excluding hydrogens is 364 g/mol. The maximum absolute atomic E-state index is 12.4. The van der Waals surface area contributed by atoms with Gasteiger partial charge in [0.25, 0.3) is 5.91 Å². The van der Waals surface area contributed by atoms with Crippen molar-refractivity contribution < 1.29 is 9.53 Å². The number of halogens is 1. The third-order valence-corrected chi connectivity index (χ3v) is 4.37. The number of benzene rings is 2. The molecule has 7 heteroatoms. The number of aryl methyl sites for hydroxylation is 1. The number of methoxy groups -OCH3 is 1. The lowest BCUT2D eigenvalue weighted by Crippen LogP contribution is -2.14. The molecule has 6 nitrogen and oxygen atoms in total. The normalized spacial score (nSPS) is 10.3. The number of carbonyl (C=O) groups excluding carboxylic acids is 1. The van der Waals surface area contributed by atoms with Crippen LogP contribution in [0.3, 0.4) is 0 Å². The summed E-state index contributed by atoms with van der Waals surface area (Å²) in [7, 11) is 1.63. The molecule has 0 saturated carbocycles. The molecule has 2 N–H and O–H groups in total. The number of hydrogen-bond donors (Lipinski definition) is 2. The van der Waals surface area contributed by atoms with Crippen LogP contribution < -0.4 is 15.4 Å². The first kappa shape index (κ1) is 18.7. The van der Waals surface area contributed by atoms with Crippen LogP contribution in [-0.2, 0) is 6.54 Å². The van der Waals surface area contributed by atoms with E-state index >= 15 is 0 Å². The Morgan fingerprint density at radius 1 is 1.11 bits per heavy atom. The van der Waals surface area contributed by atoms with Crippen LogP contribution >= 0.6 is 11.6 Å². The van der Waals surface area contributed by atoms with Crippen molar-refractivity contribution in [2.75, 3.05) is 17.7 Å². The lowest BCUT2D eigenvalue weighted by molar-refractivity contribution is 0.102. The number of anilines is 2. The maximum atomic E-state index is 12.4. The number of amides is 1. The highest BCUT2D eigenvalue weighted by Gasteiger charge is 2.10. The van der Waals surface area contributed by atoms with Crippen molar-refractivity contribution in [3.05, 3.63) is 76.7 Å². The first-order valence-corrected chi connectivity index (χ1v) is 8.69. The molecule has 1 aromatic heterocycles. The van der Waals surface area contributed by atoms with Gasteiger partial charge in [-0.3, -0.25) is 4.79 Å². The Hall–Kier alpha value is -3.12. The van der Waals surface area contributed by atoms with Gasteiger partial charge < -0.3 is 15.4 Å². The van der Waals surface area contributed by atoms with Crippen LogP contribution in [0.25, 0.3) is 0 Å². The van der Waals surface area contributed by atoms with E-state index < -0.39 is 0 Å². The zero-order valence-electron chi connectivity index (χ0n) is 15.0. The summed E-state index contributed by atoms with van der Waals surface area (Å²) in [5.41, 5.74) is 2.89. The zero-order valence-corrected chi connectivity index (χ0v) is 15.7. The molecule has 0 radical (unpaired) electrons. The van der Waals surface area contributed by atoms with Gasteiger partial charge in [0.1, 0.15) is 23.6 Å². The molecule has 1 heterocycles. The highest BCUT2D eigenvalue weighted by molar-refractivity contribution is 6.31. The van der Waals surface area contributed by atoms with Crippen molar-refractivity contribution in [2.24, 2.45) is 0 Å². The molecule has 27 heavy (non-hydrogen) atoms. The molecular formula is C20H19ClN4O2. The molecule has 0 bridgehead atoms. The summed E-state index contributed by atoms with van der Waals surface area (Å²) in [4.78, 5) is 20.6. The SMILES string of the molecule is COc1ccc(CNc2cc(C(=O)Nc3ccc(C)c(Cl)c3)ncn2)cc1. The third-order valence-electron chi connectivity index (χ3n) is 3.96. The van der Waals surface area contributed by atoms with Crippen molar-refractivity contribution in [2.45, 2.75) is 13.5 Å². The molecule has 138 valence electrons. The summed E-state index contributed by atoms with van der Waals surface area (Å²) in [5, 5.41) is 6.56. The topological polar surface area (TPSA) is 76.1 Å². The minimum atomic E-state index is -0.329. The van der Waals surface area contributed by atoms with E-state index in [0.29, 0.717) is 23.1 Å². The van der Waals surface area contributed by atoms with Crippen LogP contribution in [0.15, 0.2) is 54.9 Å². The highest BCUT2D eigenvalue weighted by atomic mass is 35.5. The van der Waals surface area contributed by atoms with E-state index in [1.54, 1.807) is 25.3 Å². The smallest absolute Gasteiger partial charge is 0.274 e. The Morgan fingerprint density at radius 3 is 2.59 bits per heavy atom. The van der Waals surface area contributed by atoms with Crippen LogP contribution in [0.5, 0.6) is 5.75 Å². The Labute approximate surface area is 162 Å². The van der Waals surface area contributed by atoms with E-state index in [2.05, 4.69) is 20.6 Å². The van der Waals surface area contributed by atoms with Crippen LogP contribution in [-0.4, -0.2) is 23.0 Å². The lowest BCUT2D eigenvalue weighted by atomic mass is 10.2. The van der Waals surface area contributed by atoms with Crippen LogP contribution in [0, 0.1) is 6.92 Å².